The van der Waals surface area contributed by atoms with Crippen LogP contribution in [0.15, 0.2) is 56.5 Å². The van der Waals surface area contributed by atoms with Gasteiger partial charge in [-0.15, -0.1) is 0 Å². The van der Waals surface area contributed by atoms with E-state index in [1.165, 1.54) is 15.7 Å². The number of halogens is 2. The number of aromatic amines is 1. The van der Waals surface area contributed by atoms with Crippen molar-refractivity contribution >= 4 is 44.0 Å². The topological polar surface area (TPSA) is 58.1 Å². The Kier molecular flexibility index (Phi) is 6.27. The summed E-state index contributed by atoms with van der Waals surface area (Å²) in [6.07, 6.45) is 3.97. The summed E-state index contributed by atoms with van der Waals surface area (Å²) in [6, 6.07) is 11.7. The van der Waals surface area contributed by atoms with Crippen LogP contribution in [-0.4, -0.2) is 34.1 Å². The van der Waals surface area contributed by atoms with Gasteiger partial charge in [0.1, 0.15) is 0 Å². The maximum atomic E-state index is 12.8. The zero-order valence-corrected chi connectivity index (χ0v) is 19.1. The number of hydrogen-bond donors (Lipinski definition) is 1. The van der Waals surface area contributed by atoms with Crippen LogP contribution in [0.4, 0.5) is 0 Å². The molecule has 0 fully saturated rings. The standard InChI is InChI=1S/C23H23BrClN3O2/c1-15-13-19-21(20(24)14-15)26-23(30)28(22(19)29)10-2-9-27-11-7-17(8-12-27)16-3-5-18(25)6-4-16/h3-7,13-14H,2,8-12H2,1H3,(H,26,30). The Hall–Kier alpha value is -2.15. The Morgan fingerprint density at radius 1 is 1.13 bits per heavy atom. The highest BCUT2D eigenvalue weighted by atomic mass is 79.9. The lowest BCUT2D eigenvalue weighted by Crippen LogP contribution is -2.37. The van der Waals surface area contributed by atoms with Crippen molar-refractivity contribution in [3.63, 3.8) is 0 Å². The number of aryl methyl sites for hydroxylation is 1. The minimum atomic E-state index is -0.361. The van der Waals surface area contributed by atoms with Gasteiger partial charge in [-0.2, -0.15) is 0 Å². The molecule has 0 amide bonds. The van der Waals surface area contributed by atoms with Crippen LogP contribution in [0.25, 0.3) is 16.5 Å². The minimum absolute atomic E-state index is 0.235. The molecule has 0 aliphatic carbocycles. The molecule has 0 bridgehead atoms. The van der Waals surface area contributed by atoms with E-state index in [9.17, 15) is 9.59 Å². The molecule has 0 saturated heterocycles. The van der Waals surface area contributed by atoms with E-state index in [-0.39, 0.29) is 11.2 Å². The summed E-state index contributed by atoms with van der Waals surface area (Å²) < 4.78 is 2.04. The monoisotopic (exact) mass is 487 g/mol. The van der Waals surface area contributed by atoms with Gasteiger partial charge in [-0.25, -0.2) is 4.79 Å². The summed E-state index contributed by atoms with van der Waals surface area (Å²) in [5.74, 6) is 0. The predicted octanol–water partition coefficient (Wildman–Crippen LogP) is 4.59. The third-order valence-electron chi connectivity index (χ3n) is 5.55. The highest BCUT2D eigenvalue weighted by Gasteiger charge is 2.14. The number of H-pyrrole nitrogens is 1. The number of nitrogens with zero attached hydrogens (tertiary/aromatic N) is 2. The molecule has 30 heavy (non-hydrogen) atoms. The van der Waals surface area contributed by atoms with Crippen LogP contribution in [0.2, 0.25) is 5.02 Å². The molecule has 2 heterocycles. The molecule has 4 rings (SSSR count). The molecule has 0 unspecified atom stereocenters. The fraction of sp³-hybridized carbons (Fsp3) is 0.304. The normalized spacial score (nSPS) is 14.8. The van der Waals surface area contributed by atoms with E-state index in [4.69, 9.17) is 11.6 Å². The van der Waals surface area contributed by atoms with E-state index in [0.29, 0.717) is 17.4 Å². The molecule has 1 aromatic heterocycles. The van der Waals surface area contributed by atoms with Crippen molar-refractivity contribution in [1.82, 2.24) is 14.5 Å². The summed E-state index contributed by atoms with van der Waals surface area (Å²) in [4.78, 5) is 30.5. The van der Waals surface area contributed by atoms with Gasteiger partial charge in [-0.05, 0) is 76.7 Å². The third-order valence-corrected chi connectivity index (χ3v) is 6.43. The molecule has 5 nitrogen and oxygen atoms in total. The van der Waals surface area contributed by atoms with Crippen LogP contribution in [0.3, 0.4) is 0 Å². The molecule has 7 heteroatoms. The van der Waals surface area contributed by atoms with Crippen molar-refractivity contribution in [2.45, 2.75) is 26.3 Å². The van der Waals surface area contributed by atoms with Crippen molar-refractivity contribution in [3.05, 3.63) is 83.9 Å². The Balaban J connectivity index is 1.42. The molecule has 1 aliphatic rings. The van der Waals surface area contributed by atoms with Crippen LogP contribution in [0.5, 0.6) is 0 Å². The van der Waals surface area contributed by atoms with E-state index < -0.39 is 0 Å². The average Bonchev–Trinajstić information content (AvgIpc) is 2.73. The van der Waals surface area contributed by atoms with Crippen LogP contribution in [0, 0.1) is 6.92 Å². The number of benzene rings is 2. The second kappa shape index (κ2) is 8.92. The summed E-state index contributed by atoms with van der Waals surface area (Å²) in [5, 5.41) is 1.29. The first-order valence-corrected chi connectivity index (χ1v) is 11.2. The van der Waals surface area contributed by atoms with Gasteiger partial charge in [-0.1, -0.05) is 29.8 Å². The van der Waals surface area contributed by atoms with Crippen molar-refractivity contribution in [2.24, 2.45) is 0 Å². The zero-order chi connectivity index (χ0) is 21.3. The molecule has 2 aromatic carbocycles. The quantitative estimate of drug-likeness (QED) is 0.571. The first-order valence-electron chi connectivity index (χ1n) is 10.0. The predicted molar refractivity (Wildman–Crippen MR) is 126 cm³/mol. The van der Waals surface area contributed by atoms with Gasteiger partial charge in [-0.3, -0.25) is 14.3 Å². The van der Waals surface area contributed by atoms with E-state index in [1.54, 1.807) is 0 Å². The summed E-state index contributed by atoms with van der Waals surface area (Å²) in [6.45, 7) is 5.00. The van der Waals surface area contributed by atoms with E-state index in [1.807, 2.05) is 31.2 Å². The van der Waals surface area contributed by atoms with E-state index in [2.05, 4.69) is 44.0 Å². The first kappa shape index (κ1) is 21.1. The van der Waals surface area contributed by atoms with Gasteiger partial charge in [0.25, 0.3) is 5.56 Å². The minimum Gasteiger partial charge on any atom is -0.306 e. The van der Waals surface area contributed by atoms with Crippen LogP contribution >= 0.6 is 27.5 Å². The molecule has 0 radical (unpaired) electrons. The number of rotatable bonds is 5. The fourth-order valence-corrected chi connectivity index (χ4v) is 4.75. The van der Waals surface area contributed by atoms with Crippen LogP contribution < -0.4 is 11.2 Å². The summed E-state index contributed by atoms with van der Waals surface area (Å²) in [7, 11) is 0. The van der Waals surface area contributed by atoms with Crippen LogP contribution in [0.1, 0.15) is 24.0 Å². The van der Waals surface area contributed by atoms with Crippen LogP contribution in [-0.2, 0) is 6.54 Å². The molecular formula is C23H23BrClN3O2. The lowest BCUT2D eigenvalue weighted by Gasteiger charge is -2.26. The zero-order valence-electron chi connectivity index (χ0n) is 16.8. The SMILES string of the molecule is Cc1cc(Br)c2[nH]c(=O)n(CCCN3CC=C(c4ccc(Cl)cc4)CC3)c(=O)c2c1. The Morgan fingerprint density at radius 3 is 2.60 bits per heavy atom. The maximum absolute atomic E-state index is 12.8. The molecule has 0 spiro atoms. The number of hydrogen-bond acceptors (Lipinski definition) is 3. The highest BCUT2D eigenvalue weighted by molar-refractivity contribution is 9.10. The smallest absolute Gasteiger partial charge is 0.306 e. The largest absolute Gasteiger partial charge is 0.328 e. The molecular weight excluding hydrogens is 466 g/mol. The van der Waals surface area contributed by atoms with Gasteiger partial charge in [0.05, 0.1) is 10.9 Å². The average molecular weight is 489 g/mol. The Morgan fingerprint density at radius 2 is 1.90 bits per heavy atom. The molecule has 1 N–H and O–H groups in total. The maximum Gasteiger partial charge on any atom is 0.328 e. The lowest BCUT2D eigenvalue weighted by atomic mass is 9.99. The number of nitrogens with one attached hydrogen (secondary N) is 1. The molecule has 3 aromatic rings. The lowest BCUT2D eigenvalue weighted by molar-refractivity contribution is 0.290. The second-order valence-electron chi connectivity index (χ2n) is 7.70. The fourth-order valence-electron chi connectivity index (χ4n) is 3.95. The van der Waals surface area contributed by atoms with Gasteiger partial charge >= 0.3 is 5.69 Å². The Bertz CT molecular complexity index is 1230. The van der Waals surface area contributed by atoms with E-state index in [0.717, 1.165) is 47.5 Å². The van der Waals surface area contributed by atoms with Gasteiger partial charge in [0.15, 0.2) is 0 Å². The molecule has 0 atom stereocenters. The molecule has 0 saturated carbocycles. The summed E-state index contributed by atoms with van der Waals surface area (Å²) in [5.41, 5.74) is 3.49. The van der Waals surface area contributed by atoms with Gasteiger partial charge in [0, 0.05) is 35.7 Å². The van der Waals surface area contributed by atoms with Crippen molar-refractivity contribution in [3.8, 4) is 0 Å². The van der Waals surface area contributed by atoms with Gasteiger partial charge in [0.2, 0.25) is 0 Å². The van der Waals surface area contributed by atoms with Crippen molar-refractivity contribution < 1.29 is 0 Å². The third kappa shape index (κ3) is 4.46. The molecule has 156 valence electrons. The number of fused-ring (bicyclic) bond motifs is 1. The Labute approximate surface area is 188 Å². The molecule has 1 aliphatic heterocycles. The van der Waals surface area contributed by atoms with Crippen molar-refractivity contribution in [2.75, 3.05) is 19.6 Å². The van der Waals surface area contributed by atoms with Crippen molar-refractivity contribution in [1.29, 1.82) is 0 Å². The van der Waals surface area contributed by atoms with E-state index >= 15 is 0 Å². The second-order valence-corrected chi connectivity index (χ2v) is 8.99. The number of aromatic nitrogens is 2. The summed E-state index contributed by atoms with van der Waals surface area (Å²) >= 11 is 9.41. The first-order chi connectivity index (χ1) is 14.4. The highest BCUT2D eigenvalue weighted by Crippen LogP contribution is 2.24. The van der Waals surface area contributed by atoms with Gasteiger partial charge < -0.3 is 4.98 Å².